The summed E-state index contributed by atoms with van der Waals surface area (Å²) < 4.78 is 41.7. The zero-order chi connectivity index (χ0) is 31.5. The average molecular weight is 629 g/mol. The van der Waals surface area contributed by atoms with E-state index in [1.807, 2.05) is 6.92 Å². The van der Waals surface area contributed by atoms with E-state index >= 15 is 0 Å². The summed E-state index contributed by atoms with van der Waals surface area (Å²) >= 11 is 0. The van der Waals surface area contributed by atoms with Crippen LogP contribution in [0.4, 0.5) is 0 Å². The molecule has 0 aromatic heterocycles. The van der Waals surface area contributed by atoms with E-state index in [-0.39, 0.29) is 24.2 Å². The smallest absolute Gasteiger partial charge is 0.297 e. The van der Waals surface area contributed by atoms with Gasteiger partial charge in [-0.15, -0.1) is 0 Å². The van der Waals surface area contributed by atoms with E-state index < -0.39 is 10.1 Å². The molecule has 0 bridgehead atoms. The molecular formula is C38H60O5S. The highest BCUT2D eigenvalue weighted by Gasteiger charge is 2.59. The molecule has 0 N–H and O–H groups in total. The number of hydrogen-bond acceptors (Lipinski definition) is 5. The highest BCUT2D eigenvalue weighted by Crippen LogP contribution is 2.67. The van der Waals surface area contributed by atoms with Gasteiger partial charge in [0.15, 0.2) is 0 Å². The summed E-state index contributed by atoms with van der Waals surface area (Å²) in [5.74, 6) is 5.19. The fourth-order valence-electron chi connectivity index (χ4n) is 10.1. The molecule has 3 unspecified atom stereocenters. The molecule has 44 heavy (non-hydrogen) atoms. The minimum Gasteiger partial charge on any atom is -0.377 e. The van der Waals surface area contributed by atoms with Gasteiger partial charge in [0.25, 0.3) is 10.1 Å². The zero-order valence-electron chi connectivity index (χ0n) is 28.5. The number of fused-ring (bicyclic) bond motifs is 5. The van der Waals surface area contributed by atoms with E-state index in [0.717, 1.165) is 53.9 Å². The second kappa shape index (κ2) is 14.3. The van der Waals surface area contributed by atoms with Crippen molar-refractivity contribution in [2.75, 3.05) is 26.4 Å². The van der Waals surface area contributed by atoms with Crippen molar-refractivity contribution in [3.05, 3.63) is 41.5 Å². The molecule has 8 atom stereocenters. The molecule has 0 heterocycles. The topological polar surface area (TPSA) is 61.8 Å². The van der Waals surface area contributed by atoms with Gasteiger partial charge in [0.1, 0.15) is 0 Å². The van der Waals surface area contributed by atoms with Crippen molar-refractivity contribution in [2.45, 2.75) is 123 Å². The standard InChI is InChI=1S/C38H60O5S/c1-27(2)8-7-9-29(4)34-16-17-35-33-15-12-30-26-31(18-20-37(30,5)36(33)19-21-38(34,35)6)42-24-22-41-23-25-43-44(39,40)32-13-10-28(3)11-14-32/h10-14,27,29,31,33-36H,7-9,15-26H2,1-6H3/t29-,31+,33?,34-,35?,36?,37+,38-/m1/s1. The van der Waals surface area contributed by atoms with Crippen molar-refractivity contribution in [3.8, 4) is 0 Å². The number of allylic oxidation sites excluding steroid dienone is 1. The summed E-state index contributed by atoms with van der Waals surface area (Å²) in [6.45, 7) is 15.7. The van der Waals surface area contributed by atoms with Gasteiger partial charge in [-0.1, -0.05) is 83.2 Å². The largest absolute Gasteiger partial charge is 0.377 e. The molecule has 3 saturated carbocycles. The molecule has 4 aliphatic rings. The molecule has 0 spiro atoms. The Kier molecular flexibility index (Phi) is 11.1. The summed E-state index contributed by atoms with van der Waals surface area (Å²) in [5, 5.41) is 0. The first kappa shape index (κ1) is 34.1. The van der Waals surface area contributed by atoms with Gasteiger partial charge in [0, 0.05) is 0 Å². The number of benzene rings is 1. The van der Waals surface area contributed by atoms with Gasteiger partial charge in [0.2, 0.25) is 0 Å². The maximum Gasteiger partial charge on any atom is 0.297 e. The summed E-state index contributed by atoms with van der Waals surface area (Å²) in [6, 6.07) is 6.68. The van der Waals surface area contributed by atoms with E-state index in [1.165, 1.54) is 57.8 Å². The molecule has 248 valence electrons. The third-order valence-corrected chi connectivity index (χ3v) is 13.9. The summed E-state index contributed by atoms with van der Waals surface area (Å²) in [4.78, 5) is 0.177. The second-order valence-electron chi connectivity index (χ2n) is 15.7. The number of rotatable bonds is 14. The molecule has 5 rings (SSSR count). The molecule has 6 heteroatoms. The van der Waals surface area contributed by atoms with Gasteiger partial charge in [-0.2, -0.15) is 8.42 Å². The van der Waals surface area contributed by atoms with E-state index in [2.05, 4.69) is 40.7 Å². The number of aryl methyl sites for hydroxylation is 1. The Labute approximate surface area is 269 Å². The van der Waals surface area contributed by atoms with Gasteiger partial charge in [-0.3, -0.25) is 4.18 Å². The van der Waals surface area contributed by atoms with Crippen molar-refractivity contribution >= 4 is 10.1 Å². The van der Waals surface area contributed by atoms with Gasteiger partial charge < -0.3 is 9.47 Å². The second-order valence-corrected chi connectivity index (χ2v) is 17.3. The maximum atomic E-state index is 12.3. The number of ether oxygens (including phenoxy) is 2. The zero-order valence-corrected chi connectivity index (χ0v) is 29.3. The molecule has 4 aliphatic carbocycles. The minimum atomic E-state index is -3.75. The predicted molar refractivity (Wildman–Crippen MR) is 178 cm³/mol. The Morgan fingerprint density at radius 3 is 2.39 bits per heavy atom. The van der Waals surface area contributed by atoms with Gasteiger partial charge in [-0.25, -0.2) is 0 Å². The van der Waals surface area contributed by atoms with E-state index in [1.54, 1.807) is 29.8 Å². The third-order valence-electron chi connectivity index (χ3n) is 12.6. The molecule has 1 aromatic rings. The summed E-state index contributed by atoms with van der Waals surface area (Å²) in [5.41, 5.74) is 3.54. The van der Waals surface area contributed by atoms with Crippen LogP contribution in [-0.2, 0) is 23.8 Å². The van der Waals surface area contributed by atoms with Crippen LogP contribution in [0.2, 0.25) is 0 Å². The summed E-state index contributed by atoms with van der Waals surface area (Å²) in [7, 11) is -3.75. The minimum absolute atomic E-state index is 0.00523. The lowest BCUT2D eigenvalue weighted by atomic mass is 9.47. The van der Waals surface area contributed by atoms with E-state index in [9.17, 15) is 8.42 Å². The van der Waals surface area contributed by atoms with Crippen molar-refractivity contribution < 1.29 is 22.1 Å². The van der Waals surface area contributed by atoms with Crippen LogP contribution in [0.1, 0.15) is 111 Å². The first-order valence-corrected chi connectivity index (χ1v) is 19.2. The molecule has 0 aliphatic heterocycles. The van der Waals surface area contributed by atoms with Crippen molar-refractivity contribution in [1.29, 1.82) is 0 Å². The molecular weight excluding hydrogens is 568 g/mol. The van der Waals surface area contributed by atoms with Crippen LogP contribution in [-0.4, -0.2) is 40.9 Å². The lowest BCUT2D eigenvalue weighted by Gasteiger charge is -2.58. The maximum absolute atomic E-state index is 12.3. The van der Waals surface area contributed by atoms with Gasteiger partial charge in [-0.05, 0) is 117 Å². The lowest BCUT2D eigenvalue weighted by molar-refractivity contribution is -0.0681. The Hall–Kier alpha value is -1.21. The Balaban J connectivity index is 1.06. The molecule has 0 saturated heterocycles. The van der Waals surface area contributed by atoms with Crippen LogP contribution in [0.15, 0.2) is 40.8 Å². The molecule has 0 amide bonds. The van der Waals surface area contributed by atoms with Crippen molar-refractivity contribution in [1.82, 2.24) is 0 Å². The van der Waals surface area contributed by atoms with Crippen LogP contribution in [0.25, 0.3) is 0 Å². The predicted octanol–water partition coefficient (Wildman–Crippen LogP) is 9.14. The third kappa shape index (κ3) is 7.34. The van der Waals surface area contributed by atoms with Crippen molar-refractivity contribution in [2.24, 2.45) is 46.3 Å². The monoisotopic (exact) mass is 628 g/mol. The normalized spacial score (nSPS) is 34.2. The Morgan fingerprint density at radius 1 is 0.886 bits per heavy atom. The quantitative estimate of drug-likeness (QED) is 0.117. The fourth-order valence-corrected chi connectivity index (χ4v) is 11.0. The van der Waals surface area contributed by atoms with E-state index in [4.69, 9.17) is 13.7 Å². The van der Waals surface area contributed by atoms with E-state index in [0.29, 0.717) is 24.0 Å². The van der Waals surface area contributed by atoms with Crippen molar-refractivity contribution in [3.63, 3.8) is 0 Å². The van der Waals surface area contributed by atoms with Crippen LogP contribution in [0, 0.1) is 53.3 Å². The van der Waals surface area contributed by atoms with Crippen LogP contribution in [0.3, 0.4) is 0 Å². The van der Waals surface area contributed by atoms with Gasteiger partial charge >= 0.3 is 0 Å². The molecule has 0 radical (unpaired) electrons. The lowest BCUT2D eigenvalue weighted by Crippen LogP contribution is -2.51. The fraction of sp³-hybridized carbons (Fsp3) is 0.789. The Morgan fingerprint density at radius 2 is 1.64 bits per heavy atom. The highest BCUT2D eigenvalue weighted by atomic mass is 32.2. The molecule has 5 nitrogen and oxygen atoms in total. The molecule has 1 aromatic carbocycles. The van der Waals surface area contributed by atoms with Gasteiger partial charge in [0.05, 0.1) is 37.4 Å². The first-order valence-electron chi connectivity index (χ1n) is 17.8. The first-order chi connectivity index (χ1) is 20.9. The summed E-state index contributed by atoms with van der Waals surface area (Å²) in [6.07, 6.45) is 17.5. The van der Waals surface area contributed by atoms with Crippen LogP contribution in [0.5, 0.6) is 0 Å². The highest BCUT2D eigenvalue weighted by molar-refractivity contribution is 7.86. The van der Waals surface area contributed by atoms with Crippen LogP contribution >= 0.6 is 0 Å². The Bertz CT molecular complexity index is 1220. The average Bonchev–Trinajstić information content (AvgIpc) is 3.34. The SMILES string of the molecule is Cc1ccc(S(=O)(=O)OCCOCCO[C@H]2CC[C@@]3(C)C(=CCC4C3CC[C@@]3(C)C4CC[C@@H]3[C@H](C)CCCC(C)C)C2)cc1. The number of hydrogen-bond donors (Lipinski definition) is 0. The van der Waals surface area contributed by atoms with Crippen LogP contribution < -0.4 is 0 Å². The molecule has 3 fully saturated rings.